The minimum Gasteiger partial charge on any atom is -0.295 e. The smallest absolute Gasteiger partial charge is 0.129 e. The quantitative estimate of drug-likeness (QED) is 0.668. The molecule has 0 amide bonds. The van der Waals surface area contributed by atoms with Crippen molar-refractivity contribution in [1.29, 1.82) is 5.26 Å². The number of halogens is 1. The van der Waals surface area contributed by atoms with E-state index >= 15 is 0 Å². The van der Waals surface area contributed by atoms with Crippen molar-refractivity contribution in [2.24, 2.45) is 0 Å². The van der Waals surface area contributed by atoms with E-state index in [4.69, 9.17) is 11.6 Å². The second-order valence-corrected chi connectivity index (χ2v) is 4.89. The summed E-state index contributed by atoms with van der Waals surface area (Å²) in [4.78, 5) is 4.52. The van der Waals surface area contributed by atoms with Crippen LogP contribution in [-0.2, 0) is 5.88 Å². The van der Waals surface area contributed by atoms with Crippen molar-refractivity contribution in [3.8, 4) is 11.8 Å². The van der Waals surface area contributed by atoms with E-state index in [0.29, 0.717) is 17.0 Å². The normalized spacial score (nSPS) is 10.7. The van der Waals surface area contributed by atoms with Crippen LogP contribution in [0.15, 0.2) is 42.5 Å². The Morgan fingerprint density at radius 1 is 1.25 bits per heavy atom. The first kappa shape index (κ1) is 12.7. The van der Waals surface area contributed by atoms with Gasteiger partial charge in [-0.25, -0.2) is 4.98 Å². The van der Waals surface area contributed by atoms with Gasteiger partial charge >= 0.3 is 0 Å². The summed E-state index contributed by atoms with van der Waals surface area (Å²) in [5.41, 5.74) is 4.36. The Kier molecular flexibility index (Phi) is 3.17. The average molecular weight is 282 g/mol. The van der Waals surface area contributed by atoms with Crippen LogP contribution >= 0.6 is 11.6 Å². The van der Waals surface area contributed by atoms with E-state index in [1.807, 2.05) is 41.8 Å². The molecular formula is C16H12ClN3. The van der Waals surface area contributed by atoms with Gasteiger partial charge in [-0.15, -0.1) is 11.6 Å². The summed E-state index contributed by atoms with van der Waals surface area (Å²) < 4.78 is 2.01. The fourth-order valence-corrected chi connectivity index (χ4v) is 2.56. The zero-order valence-electron chi connectivity index (χ0n) is 11.0. The summed E-state index contributed by atoms with van der Waals surface area (Å²) in [6, 6.07) is 15.9. The van der Waals surface area contributed by atoms with Gasteiger partial charge in [-0.05, 0) is 36.8 Å². The molecule has 0 aliphatic rings. The second-order valence-electron chi connectivity index (χ2n) is 4.62. The van der Waals surface area contributed by atoms with Gasteiger partial charge in [0.1, 0.15) is 17.4 Å². The minimum atomic E-state index is 0.299. The predicted molar refractivity (Wildman–Crippen MR) is 80.1 cm³/mol. The number of para-hydroxylation sites is 1. The molecule has 3 nitrogen and oxygen atoms in total. The highest BCUT2D eigenvalue weighted by atomic mass is 35.5. The molecule has 0 saturated heterocycles. The van der Waals surface area contributed by atoms with E-state index in [1.165, 1.54) is 5.56 Å². The first-order valence-corrected chi connectivity index (χ1v) is 6.81. The summed E-state index contributed by atoms with van der Waals surface area (Å²) >= 11 is 6.02. The van der Waals surface area contributed by atoms with E-state index in [0.717, 1.165) is 17.0 Å². The number of imidazole rings is 1. The highest BCUT2D eigenvalue weighted by Crippen LogP contribution is 2.25. The molecule has 0 saturated carbocycles. The molecule has 4 heteroatoms. The standard InChI is InChI=1S/C16H12ClN3/c1-11-4-2-6-13(8-11)20-14-7-3-5-12(10-18)16(14)19-15(20)9-17/h2-8H,9H2,1H3. The number of nitrogens with zero attached hydrogens (tertiary/aromatic N) is 3. The number of benzene rings is 2. The van der Waals surface area contributed by atoms with Crippen LogP contribution in [0.25, 0.3) is 16.7 Å². The van der Waals surface area contributed by atoms with Crippen molar-refractivity contribution < 1.29 is 0 Å². The van der Waals surface area contributed by atoms with Crippen LogP contribution < -0.4 is 0 Å². The molecule has 0 fully saturated rings. The Morgan fingerprint density at radius 3 is 2.75 bits per heavy atom. The lowest BCUT2D eigenvalue weighted by molar-refractivity contribution is 0.980. The molecule has 1 aromatic heterocycles. The van der Waals surface area contributed by atoms with Crippen molar-refractivity contribution in [2.75, 3.05) is 0 Å². The Labute approximate surface area is 122 Å². The van der Waals surface area contributed by atoms with E-state index in [9.17, 15) is 5.26 Å². The Bertz CT molecular complexity index is 827. The maximum Gasteiger partial charge on any atom is 0.129 e. The number of rotatable bonds is 2. The van der Waals surface area contributed by atoms with E-state index < -0.39 is 0 Å². The van der Waals surface area contributed by atoms with Crippen molar-refractivity contribution in [2.45, 2.75) is 12.8 Å². The fraction of sp³-hybridized carbons (Fsp3) is 0.125. The zero-order valence-corrected chi connectivity index (χ0v) is 11.7. The van der Waals surface area contributed by atoms with Crippen LogP contribution in [0.3, 0.4) is 0 Å². The van der Waals surface area contributed by atoms with Crippen molar-refractivity contribution in [3.05, 3.63) is 59.4 Å². The van der Waals surface area contributed by atoms with Crippen LogP contribution in [0.5, 0.6) is 0 Å². The third-order valence-electron chi connectivity index (χ3n) is 3.25. The molecule has 0 radical (unpaired) electrons. The molecule has 1 heterocycles. The first-order valence-electron chi connectivity index (χ1n) is 6.28. The maximum absolute atomic E-state index is 9.19. The lowest BCUT2D eigenvalue weighted by Gasteiger charge is -2.08. The van der Waals surface area contributed by atoms with E-state index in [-0.39, 0.29) is 0 Å². The number of hydrogen-bond acceptors (Lipinski definition) is 2. The van der Waals surface area contributed by atoms with Gasteiger partial charge in [0, 0.05) is 5.69 Å². The highest BCUT2D eigenvalue weighted by molar-refractivity contribution is 6.17. The lowest BCUT2D eigenvalue weighted by Crippen LogP contribution is -1.99. The Morgan fingerprint density at radius 2 is 2.05 bits per heavy atom. The van der Waals surface area contributed by atoms with Crippen LogP contribution in [0.2, 0.25) is 0 Å². The first-order chi connectivity index (χ1) is 9.74. The number of alkyl halides is 1. The molecule has 3 aromatic rings. The molecule has 3 rings (SSSR count). The summed E-state index contributed by atoms with van der Waals surface area (Å²) in [5.74, 6) is 1.04. The summed E-state index contributed by atoms with van der Waals surface area (Å²) in [5, 5.41) is 9.19. The van der Waals surface area contributed by atoms with Gasteiger partial charge < -0.3 is 0 Å². The third kappa shape index (κ3) is 1.95. The minimum absolute atomic E-state index is 0.299. The van der Waals surface area contributed by atoms with Crippen molar-refractivity contribution >= 4 is 22.6 Å². The van der Waals surface area contributed by atoms with Gasteiger partial charge in [0.25, 0.3) is 0 Å². The highest BCUT2D eigenvalue weighted by Gasteiger charge is 2.14. The predicted octanol–water partition coefficient (Wildman–Crippen LogP) is 3.94. The summed E-state index contributed by atoms with van der Waals surface area (Å²) in [7, 11) is 0. The third-order valence-corrected chi connectivity index (χ3v) is 3.49. The molecule has 0 atom stereocenters. The molecular weight excluding hydrogens is 270 g/mol. The summed E-state index contributed by atoms with van der Waals surface area (Å²) in [6.45, 7) is 2.05. The topological polar surface area (TPSA) is 41.6 Å². The van der Waals surface area contributed by atoms with Crippen LogP contribution in [0.4, 0.5) is 0 Å². The van der Waals surface area contributed by atoms with Gasteiger partial charge in [0.2, 0.25) is 0 Å². The molecule has 0 unspecified atom stereocenters. The molecule has 0 N–H and O–H groups in total. The van der Waals surface area contributed by atoms with Crippen molar-refractivity contribution in [1.82, 2.24) is 9.55 Å². The van der Waals surface area contributed by atoms with Gasteiger partial charge in [0.15, 0.2) is 0 Å². The van der Waals surface area contributed by atoms with Crippen LogP contribution in [0.1, 0.15) is 17.0 Å². The Balaban J connectivity index is 2.38. The lowest BCUT2D eigenvalue weighted by atomic mass is 10.2. The molecule has 0 bridgehead atoms. The van der Waals surface area contributed by atoms with E-state index in [2.05, 4.69) is 17.1 Å². The maximum atomic E-state index is 9.19. The Hall–Kier alpha value is -2.31. The molecule has 0 aliphatic heterocycles. The fourth-order valence-electron chi connectivity index (χ4n) is 2.38. The number of fused-ring (bicyclic) bond motifs is 1. The molecule has 98 valence electrons. The number of aryl methyl sites for hydroxylation is 1. The van der Waals surface area contributed by atoms with Crippen molar-refractivity contribution in [3.63, 3.8) is 0 Å². The SMILES string of the molecule is Cc1cccc(-n2c(CCl)nc3c(C#N)cccc32)c1. The molecule has 2 aromatic carbocycles. The number of hydrogen-bond donors (Lipinski definition) is 0. The molecule has 20 heavy (non-hydrogen) atoms. The van der Waals surface area contributed by atoms with E-state index in [1.54, 1.807) is 6.07 Å². The zero-order chi connectivity index (χ0) is 14.1. The van der Waals surface area contributed by atoms with Gasteiger partial charge in [-0.2, -0.15) is 5.26 Å². The van der Waals surface area contributed by atoms with Crippen LogP contribution in [0, 0.1) is 18.3 Å². The second kappa shape index (κ2) is 4.99. The number of nitriles is 1. The summed E-state index contributed by atoms with van der Waals surface area (Å²) in [6.07, 6.45) is 0. The van der Waals surface area contributed by atoms with Gasteiger partial charge in [-0.1, -0.05) is 18.2 Å². The van der Waals surface area contributed by atoms with Gasteiger partial charge in [0.05, 0.1) is 17.0 Å². The number of aromatic nitrogens is 2. The largest absolute Gasteiger partial charge is 0.295 e. The molecule has 0 aliphatic carbocycles. The van der Waals surface area contributed by atoms with Crippen LogP contribution in [-0.4, -0.2) is 9.55 Å². The average Bonchev–Trinajstić information content (AvgIpc) is 2.85. The van der Waals surface area contributed by atoms with Gasteiger partial charge in [-0.3, -0.25) is 4.57 Å². The molecule has 0 spiro atoms. The monoisotopic (exact) mass is 281 g/mol.